The smallest absolute Gasteiger partial charge is 0.410 e. The van der Waals surface area contributed by atoms with Crippen molar-refractivity contribution in [1.29, 1.82) is 0 Å². The second kappa shape index (κ2) is 6.14. The van der Waals surface area contributed by atoms with Gasteiger partial charge in [0.05, 0.1) is 11.9 Å². The first kappa shape index (κ1) is 16.3. The van der Waals surface area contributed by atoms with Crippen LogP contribution in [0.4, 0.5) is 10.6 Å². The van der Waals surface area contributed by atoms with Crippen LogP contribution in [0.2, 0.25) is 0 Å². The molecule has 0 aromatic carbocycles. The molecular formula is C17H23N5O2. The quantitative estimate of drug-likeness (QED) is 0.917. The van der Waals surface area contributed by atoms with E-state index in [1.54, 1.807) is 11.1 Å². The highest BCUT2D eigenvalue weighted by Gasteiger charge is 2.24. The van der Waals surface area contributed by atoms with E-state index in [-0.39, 0.29) is 6.09 Å². The molecule has 0 atom stereocenters. The van der Waals surface area contributed by atoms with Gasteiger partial charge in [0, 0.05) is 32.5 Å². The number of carbonyl (C=O) groups excluding carboxylic acids is 1. The number of hydrogen-bond donors (Lipinski definition) is 1. The van der Waals surface area contributed by atoms with Gasteiger partial charge in [-0.3, -0.25) is 4.40 Å². The molecule has 0 radical (unpaired) electrons. The number of carbonyl (C=O) groups is 1. The molecule has 2 aromatic rings. The van der Waals surface area contributed by atoms with Crippen LogP contribution >= 0.6 is 0 Å². The van der Waals surface area contributed by atoms with Crippen LogP contribution in [0.1, 0.15) is 32.9 Å². The van der Waals surface area contributed by atoms with Crippen molar-refractivity contribution < 1.29 is 9.53 Å². The Bertz CT molecular complexity index is 788. The molecule has 0 bridgehead atoms. The van der Waals surface area contributed by atoms with Crippen LogP contribution < -0.4 is 5.32 Å². The average Bonchev–Trinajstić information content (AvgIpc) is 2.97. The number of amides is 1. The third-order valence-corrected chi connectivity index (χ3v) is 3.85. The number of nitrogens with one attached hydrogen (secondary N) is 1. The normalized spacial score (nSPS) is 15.3. The first-order valence-corrected chi connectivity index (χ1v) is 8.06. The number of aromatic nitrogens is 3. The van der Waals surface area contributed by atoms with Gasteiger partial charge in [-0.2, -0.15) is 0 Å². The molecule has 0 aliphatic carbocycles. The predicted octanol–water partition coefficient (Wildman–Crippen LogP) is 2.80. The fraction of sp³-hybridized carbons (Fsp3) is 0.471. The van der Waals surface area contributed by atoms with Crippen LogP contribution in [0.25, 0.3) is 11.2 Å². The van der Waals surface area contributed by atoms with E-state index in [0.717, 1.165) is 23.6 Å². The van der Waals surface area contributed by atoms with Gasteiger partial charge in [-0.25, -0.2) is 14.8 Å². The number of fused-ring (bicyclic) bond motifs is 1. The van der Waals surface area contributed by atoms with E-state index < -0.39 is 5.60 Å². The monoisotopic (exact) mass is 329 g/mol. The minimum Gasteiger partial charge on any atom is -0.444 e. The largest absolute Gasteiger partial charge is 0.444 e. The molecule has 0 saturated carbocycles. The summed E-state index contributed by atoms with van der Waals surface area (Å²) in [7, 11) is 1.83. The maximum atomic E-state index is 12.1. The Balaban J connectivity index is 1.80. The van der Waals surface area contributed by atoms with Crippen molar-refractivity contribution in [2.24, 2.45) is 0 Å². The van der Waals surface area contributed by atoms with E-state index in [1.807, 2.05) is 44.6 Å². The van der Waals surface area contributed by atoms with E-state index in [9.17, 15) is 4.79 Å². The zero-order chi connectivity index (χ0) is 17.3. The minimum atomic E-state index is -0.473. The molecule has 7 nitrogen and oxygen atoms in total. The summed E-state index contributed by atoms with van der Waals surface area (Å²) in [5.41, 5.74) is 2.54. The SMILES string of the molecule is CNc1nccn2c(C3=CCN(C(=O)OC(C)(C)C)CC3)cnc12. The summed E-state index contributed by atoms with van der Waals surface area (Å²) in [5, 5.41) is 3.05. The van der Waals surface area contributed by atoms with Crippen LogP contribution in [0.15, 0.2) is 24.7 Å². The summed E-state index contributed by atoms with van der Waals surface area (Å²) in [5.74, 6) is 0.746. The molecular weight excluding hydrogens is 306 g/mol. The van der Waals surface area contributed by atoms with Gasteiger partial charge in [0.25, 0.3) is 0 Å². The van der Waals surface area contributed by atoms with Gasteiger partial charge in [-0.05, 0) is 32.8 Å². The van der Waals surface area contributed by atoms with E-state index in [4.69, 9.17) is 4.74 Å². The van der Waals surface area contributed by atoms with Crippen LogP contribution in [0, 0.1) is 0 Å². The van der Waals surface area contributed by atoms with E-state index in [1.165, 1.54) is 5.57 Å². The highest BCUT2D eigenvalue weighted by molar-refractivity contribution is 5.74. The van der Waals surface area contributed by atoms with Gasteiger partial charge in [0.1, 0.15) is 5.60 Å². The second-order valence-corrected chi connectivity index (χ2v) is 6.77. The first-order chi connectivity index (χ1) is 11.4. The Morgan fingerprint density at radius 2 is 2.12 bits per heavy atom. The lowest BCUT2D eigenvalue weighted by atomic mass is 10.1. The molecule has 1 amide bonds. The standard InChI is InChI=1S/C17H23N5O2/c1-17(2,3)24-16(23)21-8-5-12(6-9-21)13-11-20-15-14(18-4)19-7-10-22(13)15/h5,7,10-11H,6,8-9H2,1-4H3,(H,18,19). The summed E-state index contributed by atoms with van der Waals surface area (Å²) in [6.45, 7) is 6.81. The van der Waals surface area contributed by atoms with Crippen molar-refractivity contribution >= 4 is 23.1 Å². The molecule has 24 heavy (non-hydrogen) atoms. The lowest BCUT2D eigenvalue weighted by molar-refractivity contribution is 0.0270. The summed E-state index contributed by atoms with van der Waals surface area (Å²) >= 11 is 0. The molecule has 3 heterocycles. The molecule has 1 aliphatic rings. The Labute approximate surface area is 141 Å². The van der Waals surface area contributed by atoms with E-state index in [2.05, 4.69) is 21.4 Å². The van der Waals surface area contributed by atoms with Crippen LogP contribution in [-0.4, -0.2) is 51.1 Å². The van der Waals surface area contributed by atoms with Gasteiger partial charge in [-0.15, -0.1) is 0 Å². The van der Waals surface area contributed by atoms with Gasteiger partial charge in [0.2, 0.25) is 0 Å². The molecule has 3 rings (SSSR count). The topological polar surface area (TPSA) is 71.8 Å². The predicted molar refractivity (Wildman–Crippen MR) is 92.9 cm³/mol. The van der Waals surface area contributed by atoms with Gasteiger partial charge in [0.15, 0.2) is 11.5 Å². The van der Waals surface area contributed by atoms with Crippen molar-refractivity contribution in [1.82, 2.24) is 19.3 Å². The van der Waals surface area contributed by atoms with Crippen molar-refractivity contribution in [2.75, 3.05) is 25.5 Å². The third-order valence-electron chi connectivity index (χ3n) is 3.85. The Morgan fingerprint density at radius 3 is 2.75 bits per heavy atom. The molecule has 7 heteroatoms. The zero-order valence-electron chi connectivity index (χ0n) is 14.5. The number of ether oxygens (including phenoxy) is 1. The van der Waals surface area contributed by atoms with Crippen LogP contribution in [-0.2, 0) is 4.74 Å². The molecule has 0 fully saturated rings. The molecule has 0 saturated heterocycles. The van der Waals surface area contributed by atoms with Crippen molar-refractivity contribution in [3.8, 4) is 0 Å². The summed E-state index contributed by atoms with van der Waals surface area (Å²) in [6.07, 6.45) is 8.07. The molecule has 0 unspecified atom stereocenters. The van der Waals surface area contributed by atoms with Crippen molar-refractivity contribution in [2.45, 2.75) is 32.8 Å². The number of nitrogens with zero attached hydrogens (tertiary/aromatic N) is 4. The highest BCUT2D eigenvalue weighted by atomic mass is 16.6. The van der Waals surface area contributed by atoms with Crippen LogP contribution in [0.5, 0.6) is 0 Å². The number of anilines is 1. The fourth-order valence-electron chi connectivity index (χ4n) is 2.73. The Morgan fingerprint density at radius 1 is 1.33 bits per heavy atom. The molecule has 1 N–H and O–H groups in total. The minimum absolute atomic E-state index is 0.266. The van der Waals surface area contributed by atoms with Crippen molar-refractivity contribution in [3.05, 3.63) is 30.4 Å². The fourth-order valence-corrected chi connectivity index (χ4v) is 2.73. The van der Waals surface area contributed by atoms with Crippen molar-refractivity contribution in [3.63, 3.8) is 0 Å². The third kappa shape index (κ3) is 3.20. The first-order valence-electron chi connectivity index (χ1n) is 8.06. The van der Waals surface area contributed by atoms with E-state index >= 15 is 0 Å². The van der Waals surface area contributed by atoms with Gasteiger partial charge < -0.3 is 15.0 Å². The second-order valence-electron chi connectivity index (χ2n) is 6.77. The lowest BCUT2D eigenvalue weighted by Gasteiger charge is -2.29. The van der Waals surface area contributed by atoms with Gasteiger partial charge >= 0.3 is 6.09 Å². The summed E-state index contributed by atoms with van der Waals surface area (Å²) in [6, 6.07) is 0. The average molecular weight is 329 g/mol. The maximum absolute atomic E-state index is 12.1. The summed E-state index contributed by atoms with van der Waals surface area (Å²) < 4.78 is 7.45. The Hall–Kier alpha value is -2.57. The molecule has 2 aromatic heterocycles. The Kier molecular flexibility index (Phi) is 4.17. The maximum Gasteiger partial charge on any atom is 0.410 e. The van der Waals surface area contributed by atoms with E-state index in [0.29, 0.717) is 13.1 Å². The number of rotatable bonds is 2. The molecule has 1 aliphatic heterocycles. The highest BCUT2D eigenvalue weighted by Crippen LogP contribution is 2.25. The molecule has 128 valence electrons. The number of imidazole rings is 1. The zero-order valence-corrected chi connectivity index (χ0v) is 14.5. The molecule has 0 spiro atoms. The number of hydrogen-bond acceptors (Lipinski definition) is 5. The van der Waals surface area contributed by atoms with Gasteiger partial charge in [-0.1, -0.05) is 6.08 Å². The van der Waals surface area contributed by atoms with Crippen LogP contribution in [0.3, 0.4) is 0 Å². The summed E-state index contributed by atoms with van der Waals surface area (Å²) in [4.78, 5) is 22.6. The lowest BCUT2D eigenvalue weighted by Crippen LogP contribution is -2.39.